The Labute approximate surface area is 103 Å². The Morgan fingerprint density at radius 3 is 2.16 bits per heavy atom. The standard InChI is InChI=1S/C9H8F6N2O2/c1-18-7-4(3-16)17-6(8(10,11)12)2-5(7)19-9(13,14)15/h2H,3,16H2,1H3. The summed E-state index contributed by atoms with van der Waals surface area (Å²) in [4.78, 5) is 3.10. The Kier molecular flexibility index (Phi) is 4.13. The molecule has 0 bridgehead atoms. The summed E-state index contributed by atoms with van der Waals surface area (Å²) >= 11 is 0. The second-order valence-corrected chi connectivity index (χ2v) is 3.24. The van der Waals surface area contributed by atoms with Crippen LogP contribution in [0.3, 0.4) is 0 Å². The Hall–Kier alpha value is -1.71. The Morgan fingerprint density at radius 1 is 1.21 bits per heavy atom. The van der Waals surface area contributed by atoms with Crippen LogP contribution in [0.2, 0.25) is 0 Å². The minimum absolute atomic E-state index is 0.103. The van der Waals surface area contributed by atoms with E-state index in [-0.39, 0.29) is 6.07 Å². The number of hydrogen-bond donors (Lipinski definition) is 1. The molecule has 1 rings (SSSR count). The Balaban J connectivity index is 3.40. The summed E-state index contributed by atoms with van der Waals surface area (Å²) in [6.45, 7) is -0.540. The smallest absolute Gasteiger partial charge is 0.491 e. The van der Waals surface area contributed by atoms with Gasteiger partial charge in [0.1, 0.15) is 11.4 Å². The zero-order valence-corrected chi connectivity index (χ0v) is 9.39. The van der Waals surface area contributed by atoms with Gasteiger partial charge in [-0.2, -0.15) is 13.2 Å². The molecule has 0 aliphatic heterocycles. The van der Waals surface area contributed by atoms with E-state index < -0.39 is 42.0 Å². The van der Waals surface area contributed by atoms with Crippen molar-refractivity contribution in [3.8, 4) is 11.5 Å². The lowest BCUT2D eigenvalue weighted by Crippen LogP contribution is -2.20. The molecule has 0 saturated heterocycles. The highest BCUT2D eigenvalue weighted by molar-refractivity contribution is 5.45. The summed E-state index contributed by atoms with van der Waals surface area (Å²) in [6, 6.07) is 0.103. The fourth-order valence-electron chi connectivity index (χ4n) is 1.26. The fraction of sp³-hybridized carbons (Fsp3) is 0.444. The first-order chi connectivity index (χ1) is 8.58. The minimum Gasteiger partial charge on any atom is -0.491 e. The van der Waals surface area contributed by atoms with Gasteiger partial charge in [0.05, 0.1) is 7.11 Å². The van der Waals surface area contributed by atoms with E-state index in [0.29, 0.717) is 0 Å². The van der Waals surface area contributed by atoms with Gasteiger partial charge in [-0.1, -0.05) is 0 Å². The van der Waals surface area contributed by atoms with Gasteiger partial charge in [0.2, 0.25) is 0 Å². The van der Waals surface area contributed by atoms with Crippen LogP contribution in [0.4, 0.5) is 26.3 Å². The number of hydrogen-bond acceptors (Lipinski definition) is 4. The van der Waals surface area contributed by atoms with Crippen LogP contribution in [0.25, 0.3) is 0 Å². The largest absolute Gasteiger partial charge is 0.573 e. The molecule has 4 nitrogen and oxygen atoms in total. The maximum Gasteiger partial charge on any atom is 0.573 e. The molecule has 0 spiro atoms. The van der Waals surface area contributed by atoms with Crippen molar-refractivity contribution in [3.63, 3.8) is 0 Å². The molecule has 0 fully saturated rings. The maximum absolute atomic E-state index is 12.5. The maximum atomic E-state index is 12.5. The Morgan fingerprint density at radius 2 is 1.79 bits per heavy atom. The molecule has 1 aromatic rings. The van der Waals surface area contributed by atoms with Crippen molar-refractivity contribution in [2.45, 2.75) is 19.1 Å². The average Bonchev–Trinajstić information content (AvgIpc) is 2.24. The monoisotopic (exact) mass is 290 g/mol. The number of methoxy groups -OCH3 is 1. The van der Waals surface area contributed by atoms with Crippen LogP contribution >= 0.6 is 0 Å². The lowest BCUT2D eigenvalue weighted by atomic mass is 10.2. The molecule has 108 valence electrons. The molecule has 0 aliphatic rings. The van der Waals surface area contributed by atoms with Gasteiger partial charge >= 0.3 is 12.5 Å². The van der Waals surface area contributed by atoms with E-state index in [0.717, 1.165) is 7.11 Å². The highest BCUT2D eigenvalue weighted by Gasteiger charge is 2.38. The van der Waals surface area contributed by atoms with E-state index in [9.17, 15) is 26.3 Å². The molecule has 1 aromatic heterocycles. The van der Waals surface area contributed by atoms with E-state index in [1.165, 1.54) is 0 Å². The van der Waals surface area contributed by atoms with Crippen LogP contribution in [0, 0.1) is 0 Å². The van der Waals surface area contributed by atoms with Gasteiger partial charge in [0.15, 0.2) is 11.5 Å². The number of halogens is 6. The van der Waals surface area contributed by atoms with E-state index in [4.69, 9.17) is 5.73 Å². The van der Waals surface area contributed by atoms with Crippen LogP contribution in [0.1, 0.15) is 11.4 Å². The molecule has 0 aliphatic carbocycles. The Bertz CT molecular complexity index is 457. The number of nitrogens with zero attached hydrogens (tertiary/aromatic N) is 1. The zero-order chi connectivity index (χ0) is 14.8. The van der Waals surface area contributed by atoms with Crippen molar-refractivity contribution < 1.29 is 35.8 Å². The number of aromatic nitrogens is 1. The van der Waals surface area contributed by atoms with Crippen molar-refractivity contribution in [3.05, 3.63) is 17.5 Å². The van der Waals surface area contributed by atoms with Crippen molar-refractivity contribution in [2.24, 2.45) is 5.73 Å². The fourth-order valence-corrected chi connectivity index (χ4v) is 1.26. The van der Waals surface area contributed by atoms with Crippen molar-refractivity contribution in [2.75, 3.05) is 7.11 Å². The summed E-state index contributed by atoms with van der Waals surface area (Å²) in [5, 5.41) is 0. The van der Waals surface area contributed by atoms with Crippen LogP contribution in [0.15, 0.2) is 6.07 Å². The molecule has 0 atom stereocenters. The molecular weight excluding hydrogens is 282 g/mol. The first-order valence-electron chi connectivity index (χ1n) is 4.69. The number of pyridine rings is 1. The molecule has 0 aromatic carbocycles. The molecule has 0 amide bonds. The molecule has 0 radical (unpaired) electrons. The third-order valence-corrected chi connectivity index (χ3v) is 1.92. The summed E-state index contributed by atoms with van der Waals surface area (Å²) in [6.07, 6.45) is -10.1. The van der Waals surface area contributed by atoms with Gasteiger partial charge in [-0.15, -0.1) is 13.2 Å². The first kappa shape index (κ1) is 15.3. The summed E-state index contributed by atoms with van der Waals surface area (Å²) < 4.78 is 81.8. The number of nitrogens with two attached hydrogens (primary N) is 1. The predicted molar refractivity (Wildman–Crippen MR) is 50.4 cm³/mol. The summed E-state index contributed by atoms with van der Waals surface area (Å²) in [5.41, 5.74) is 3.09. The quantitative estimate of drug-likeness (QED) is 0.869. The second kappa shape index (κ2) is 5.11. The van der Waals surface area contributed by atoms with Gasteiger partial charge in [-0.3, -0.25) is 0 Å². The SMILES string of the molecule is COc1c(OC(F)(F)F)cc(C(F)(F)F)nc1CN. The van der Waals surface area contributed by atoms with Crippen LogP contribution in [0.5, 0.6) is 11.5 Å². The second-order valence-electron chi connectivity index (χ2n) is 3.24. The van der Waals surface area contributed by atoms with E-state index in [1.54, 1.807) is 0 Å². The van der Waals surface area contributed by atoms with Gasteiger partial charge in [-0.25, -0.2) is 4.98 Å². The van der Waals surface area contributed by atoms with Crippen molar-refractivity contribution in [1.29, 1.82) is 0 Å². The first-order valence-corrected chi connectivity index (χ1v) is 4.69. The molecule has 1 heterocycles. The number of rotatable bonds is 3. The van der Waals surface area contributed by atoms with E-state index in [1.807, 2.05) is 0 Å². The third-order valence-electron chi connectivity index (χ3n) is 1.92. The molecule has 19 heavy (non-hydrogen) atoms. The minimum atomic E-state index is -5.16. The summed E-state index contributed by atoms with van der Waals surface area (Å²) in [5.74, 6) is -1.73. The lowest BCUT2D eigenvalue weighted by Gasteiger charge is -2.17. The summed E-state index contributed by atoms with van der Waals surface area (Å²) in [7, 11) is 0.965. The predicted octanol–water partition coefficient (Wildman–Crippen LogP) is 2.47. The number of alkyl halides is 6. The van der Waals surface area contributed by atoms with Crippen molar-refractivity contribution in [1.82, 2.24) is 4.98 Å². The van der Waals surface area contributed by atoms with E-state index >= 15 is 0 Å². The molecule has 0 unspecified atom stereocenters. The molecule has 2 N–H and O–H groups in total. The van der Waals surface area contributed by atoms with Crippen LogP contribution in [-0.4, -0.2) is 18.5 Å². The lowest BCUT2D eigenvalue weighted by molar-refractivity contribution is -0.275. The van der Waals surface area contributed by atoms with Gasteiger partial charge < -0.3 is 15.2 Å². The highest BCUT2D eigenvalue weighted by atomic mass is 19.4. The van der Waals surface area contributed by atoms with Crippen molar-refractivity contribution >= 4 is 0 Å². The van der Waals surface area contributed by atoms with Gasteiger partial charge in [0, 0.05) is 12.6 Å². The van der Waals surface area contributed by atoms with Gasteiger partial charge in [-0.05, 0) is 0 Å². The van der Waals surface area contributed by atoms with Crippen LogP contribution < -0.4 is 15.2 Å². The average molecular weight is 290 g/mol. The highest BCUT2D eigenvalue weighted by Crippen LogP contribution is 2.39. The number of ether oxygens (including phenoxy) is 2. The zero-order valence-electron chi connectivity index (χ0n) is 9.39. The van der Waals surface area contributed by atoms with Crippen LogP contribution in [-0.2, 0) is 12.7 Å². The topological polar surface area (TPSA) is 57.4 Å². The normalized spacial score (nSPS) is 12.4. The molecule has 10 heteroatoms. The van der Waals surface area contributed by atoms with E-state index in [2.05, 4.69) is 14.5 Å². The molecular formula is C9H8F6N2O2. The van der Waals surface area contributed by atoms with Gasteiger partial charge in [0.25, 0.3) is 0 Å². The molecule has 0 saturated carbocycles. The third kappa shape index (κ3) is 3.88.